The summed E-state index contributed by atoms with van der Waals surface area (Å²) in [6.45, 7) is 2.04. The topological polar surface area (TPSA) is 23.6 Å². The van der Waals surface area contributed by atoms with Crippen molar-refractivity contribution in [2.75, 3.05) is 31.6 Å². The number of ketones is 1. The fraction of sp³-hybridized carbons (Fsp3) is 0.269. The quantitative estimate of drug-likeness (QED) is 0.503. The van der Waals surface area contributed by atoms with Crippen molar-refractivity contribution in [1.29, 1.82) is 0 Å². The number of rotatable bonds is 7. The Morgan fingerprint density at radius 1 is 0.900 bits per heavy atom. The van der Waals surface area contributed by atoms with Crippen LogP contribution >= 0.6 is 0 Å². The maximum absolute atomic E-state index is 13.1. The molecule has 0 saturated heterocycles. The summed E-state index contributed by atoms with van der Waals surface area (Å²) in [5.41, 5.74) is 5.89. The van der Waals surface area contributed by atoms with Gasteiger partial charge in [0.25, 0.3) is 0 Å². The average molecular weight is 403 g/mol. The van der Waals surface area contributed by atoms with Crippen molar-refractivity contribution in [2.24, 2.45) is 0 Å². The molecule has 0 aliphatic carbocycles. The van der Waals surface area contributed by atoms with Crippen molar-refractivity contribution in [1.82, 2.24) is 4.90 Å². The highest BCUT2D eigenvalue weighted by molar-refractivity contribution is 5.97. The highest BCUT2D eigenvalue weighted by Crippen LogP contribution is 2.35. The maximum atomic E-state index is 13.1. The van der Waals surface area contributed by atoms with Crippen LogP contribution < -0.4 is 4.90 Å². The molecule has 0 aromatic heterocycles. The molecule has 4 heteroatoms. The van der Waals surface area contributed by atoms with Gasteiger partial charge >= 0.3 is 0 Å². The summed E-state index contributed by atoms with van der Waals surface area (Å²) in [5.74, 6) is -0.305. The molecule has 0 amide bonds. The van der Waals surface area contributed by atoms with Crippen molar-refractivity contribution in [3.05, 3.63) is 95.3 Å². The van der Waals surface area contributed by atoms with E-state index in [1.54, 1.807) is 12.1 Å². The standard InChI is InChI=1S/C26H27FN2O/c1-28(19-26(30)22-13-15-23(27)16-14-22)17-6-18-29-24-9-4-2-7-20(24)11-12-21-8-3-5-10-25(21)29/h2-5,7-10,13-16H,6,11-12,17-19H2,1H3. The number of carbonyl (C=O) groups is 1. The van der Waals surface area contributed by atoms with Crippen LogP contribution in [0.2, 0.25) is 0 Å². The minimum atomic E-state index is -0.321. The number of carbonyl (C=O) groups excluding carboxylic acids is 1. The number of hydrogen-bond donors (Lipinski definition) is 0. The molecule has 0 radical (unpaired) electrons. The van der Waals surface area contributed by atoms with Gasteiger partial charge in [0, 0.05) is 30.0 Å². The number of hydrogen-bond acceptors (Lipinski definition) is 3. The van der Waals surface area contributed by atoms with Crippen LogP contribution in [0, 0.1) is 5.82 Å². The minimum Gasteiger partial charge on any atom is -0.341 e. The third-order valence-electron chi connectivity index (χ3n) is 5.73. The zero-order valence-electron chi connectivity index (χ0n) is 17.4. The van der Waals surface area contributed by atoms with Crippen molar-refractivity contribution in [2.45, 2.75) is 19.3 Å². The summed E-state index contributed by atoms with van der Waals surface area (Å²) < 4.78 is 13.1. The summed E-state index contributed by atoms with van der Waals surface area (Å²) in [7, 11) is 1.96. The zero-order chi connectivity index (χ0) is 20.9. The van der Waals surface area contributed by atoms with Gasteiger partial charge in [-0.25, -0.2) is 4.39 Å². The third-order valence-corrected chi connectivity index (χ3v) is 5.73. The van der Waals surface area contributed by atoms with E-state index in [0.29, 0.717) is 12.1 Å². The van der Waals surface area contributed by atoms with E-state index in [0.717, 1.165) is 32.4 Å². The molecule has 1 aliphatic heterocycles. The summed E-state index contributed by atoms with van der Waals surface area (Å²) in [6, 6.07) is 23.1. The molecule has 0 N–H and O–H groups in total. The average Bonchev–Trinajstić information content (AvgIpc) is 2.91. The molecule has 3 aromatic rings. The first-order valence-electron chi connectivity index (χ1n) is 10.5. The second-order valence-corrected chi connectivity index (χ2v) is 7.93. The van der Waals surface area contributed by atoms with Gasteiger partial charge in [0.1, 0.15) is 5.82 Å². The normalized spacial score (nSPS) is 13.0. The van der Waals surface area contributed by atoms with Gasteiger partial charge < -0.3 is 4.90 Å². The van der Waals surface area contributed by atoms with Gasteiger partial charge in [-0.15, -0.1) is 0 Å². The van der Waals surface area contributed by atoms with Crippen molar-refractivity contribution >= 4 is 17.2 Å². The number of anilines is 2. The first-order chi connectivity index (χ1) is 14.6. The summed E-state index contributed by atoms with van der Waals surface area (Å²) in [6.07, 6.45) is 3.04. The van der Waals surface area contributed by atoms with E-state index in [9.17, 15) is 9.18 Å². The second-order valence-electron chi connectivity index (χ2n) is 7.93. The van der Waals surface area contributed by atoms with Crippen LogP contribution in [0.3, 0.4) is 0 Å². The molecule has 3 aromatic carbocycles. The van der Waals surface area contributed by atoms with Crippen LogP contribution in [0.4, 0.5) is 15.8 Å². The van der Waals surface area contributed by atoms with E-state index in [2.05, 4.69) is 53.4 Å². The van der Waals surface area contributed by atoms with Crippen LogP contribution in [0.25, 0.3) is 0 Å². The van der Waals surface area contributed by atoms with Crippen LogP contribution in [0.1, 0.15) is 27.9 Å². The Hall–Kier alpha value is -2.98. The predicted molar refractivity (Wildman–Crippen MR) is 120 cm³/mol. The molecule has 0 bridgehead atoms. The van der Waals surface area contributed by atoms with Gasteiger partial charge in [-0.1, -0.05) is 36.4 Å². The van der Waals surface area contributed by atoms with Crippen LogP contribution in [-0.2, 0) is 12.8 Å². The molecule has 0 saturated carbocycles. The Morgan fingerprint density at radius 3 is 2.07 bits per heavy atom. The van der Waals surface area contributed by atoms with Crippen LogP contribution in [-0.4, -0.2) is 37.4 Å². The molecular formula is C26H27FN2O. The first kappa shape index (κ1) is 20.3. The van der Waals surface area contributed by atoms with Crippen molar-refractivity contribution in [3.8, 4) is 0 Å². The van der Waals surface area contributed by atoms with E-state index >= 15 is 0 Å². The summed E-state index contributed by atoms with van der Waals surface area (Å²) >= 11 is 0. The number of nitrogens with zero attached hydrogens (tertiary/aromatic N) is 2. The van der Waals surface area contributed by atoms with Gasteiger partial charge in [-0.2, -0.15) is 0 Å². The van der Waals surface area contributed by atoms with Gasteiger partial charge in [0.05, 0.1) is 6.54 Å². The SMILES string of the molecule is CN(CCCN1c2ccccc2CCc2ccccc21)CC(=O)c1ccc(F)cc1. The predicted octanol–water partition coefficient (Wildman–Crippen LogP) is 5.27. The second kappa shape index (κ2) is 9.23. The van der Waals surface area contributed by atoms with Gasteiger partial charge in [0.15, 0.2) is 5.78 Å². The summed E-state index contributed by atoms with van der Waals surface area (Å²) in [5, 5.41) is 0. The molecular weight excluding hydrogens is 375 g/mol. The van der Waals surface area contributed by atoms with Gasteiger partial charge in [0.2, 0.25) is 0 Å². The molecule has 0 fully saturated rings. The van der Waals surface area contributed by atoms with Gasteiger partial charge in [-0.05, 0) is 73.8 Å². The molecule has 0 unspecified atom stereocenters. The number of Topliss-reactive ketones (excluding diaryl/α,β-unsaturated/α-hetero) is 1. The Labute approximate surface area is 177 Å². The van der Waals surface area contributed by atoms with E-state index in [1.807, 2.05) is 11.9 Å². The van der Waals surface area contributed by atoms with Crippen LogP contribution in [0.5, 0.6) is 0 Å². The monoisotopic (exact) mass is 402 g/mol. The molecule has 0 atom stereocenters. The largest absolute Gasteiger partial charge is 0.341 e. The highest BCUT2D eigenvalue weighted by Gasteiger charge is 2.20. The molecule has 154 valence electrons. The number of likely N-dealkylation sites (N-methyl/N-ethyl adjacent to an activating group) is 1. The van der Waals surface area contributed by atoms with E-state index in [-0.39, 0.29) is 11.6 Å². The number of aryl methyl sites for hydroxylation is 2. The molecule has 1 heterocycles. The lowest BCUT2D eigenvalue weighted by Crippen LogP contribution is -2.29. The zero-order valence-corrected chi connectivity index (χ0v) is 17.4. The summed E-state index contributed by atoms with van der Waals surface area (Å²) in [4.78, 5) is 16.9. The first-order valence-corrected chi connectivity index (χ1v) is 10.5. The van der Waals surface area contributed by atoms with Crippen molar-refractivity contribution in [3.63, 3.8) is 0 Å². The van der Waals surface area contributed by atoms with E-state index in [4.69, 9.17) is 0 Å². The number of halogens is 1. The number of para-hydroxylation sites is 2. The fourth-order valence-corrected chi connectivity index (χ4v) is 4.16. The lowest BCUT2D eigenvalue weighted by atomic mass is 10.0. The van der Waals surface area contributed by atoms with Crippen LogP contribution in [0.15, 0.2) is 72.8 Å². The lowest BCUT2D eigenvalue weighted by molar-refractivity contribution is 0.0946. The molecule has 0 spiro atoms. The Morgan fingerprint density at radius 2 is 1.47 bits per heavy atom. The number of benzene rings is 3. The lowest BCUT2D eigenvalue weighted by Gasteiger charge is -2.28. The molecule has 3 nitrogen and oxygen atoms in total. The van der Waals surface area contributed by atoms with Gasteiger partial charge in [-0.3, -0.25) is 9.69 Å². The molecule has 1 aliphatic rings. The number of fused-ring (bicyclic) bond motifs is 2. The highest BCUT2D eigenvalue weighted by atomic mass is 19.1. The maximum Gasteiger partial charge on any atom is 0.176 e. The molecule has 30 heavy (non-hydrogen) atoms. The smallest absolute Gasteiger partial charge is 0.176 e. The third kappa shape index (κ3) is 4.60. The van der Waals surface area contributed by atoms with E-state index < -0.39 is 0 Å². The Balaban J connectivity index is 1.41. The van der Waals surface area contributed by atoms with E-state index in [1.165, 1.54) is 34.6 Å². The fourth-order valence-electron chi connectivity index (χ4n) is 4.16. The van der Waals surface area contributed by atoms with Crippen molar-refractivity contribution < 1.29 is 9.18 Å². The minimum absolute atomic E-state index is 0.0166. The Bertz CT molecular complexity index is 968. The molecule has 4 rings (SSSR count). The Kier molecular flexibility index (Phi) is 6.24.